The number of aliphatic hydroxyl groups is 1. The Balaban J connectivity index is 3.81. The van der Waals surface area contributed by atoms with E-state index in [9.17, 15) is 9.59 Å². The number of hydrogen-bond acceptors (Lipinski definition) is 3. The molecule has 0 radical (unpaired) electrons. The molecule has 0 unspecified atom stereocenters. The molecule has 0 heterocycles. The van der Waals surface area contributed by atoms with E-state index in [0.717, 1.165) is 6.42 Å². The molecule has 0 aromatic heterocycles. The van der Waals surface area contributed by atoms with Crippen molar-refractivity contribution in [3.8, 4) is 0 Å². The highest BCUT2D eigenvalue weighted by Gasteiger charge is 2.16. The molecule has 0 spiro atoms. The van der Waals surface area contributed by atoms with Crippen molar-refractivity contribution in [1.29, 1.82) is 0 Å². The Labute approximate surface area is 169 Å². The fraction of sp³-hybridized carbons (Fsp3) is 0.478. The van der Waals surface area contributed by atoms with Gasteiger partial charge in [-0.1, -0.05) is 100 Å². The summed E-state index contributed by atoms with van der Waals surface area (Å²) in [6.07, 6.45) is 28.4. The number of hydrogen-bond donors (Lipinski definition) is 3. The summed E-state index contributed by atoms with van der Waals surface area (Å²) < 4.78 is 0. The minimum Gasteiger partial charge on any atom is -0.480 e. The van der Waals surface area contributed by atoms with Gasteiger partial charge in [-0.2, -0.15) is 0 Å². The summed E-state index contributed by atoms with van der Waals surface area (Å²) in [5.41, 5.74) is 0. The van der Waals surface area contributed by atoms with E-state index >= 15 is 0 Å². The normalized spacial score (nSPS) is 13.5. The molecule has 0 rings (SSSR count). The maximum Gasteiger partial charge on any atom is 0.328 e. The Morgan fingerprint density at radius 2 is 1.36 bits per heavy atom. The van der Waals surface area contributed by atoms with Crippen molar-refractivity contribution in [3.05, 3.63) is 60.8 Å². The molecular weight excluding hydrogens is 354 g/mol. The Morgan fingerprint density at radius 1 is 0.821 bits per heavy atom. The maximum atomic E-state index is 11.4. The number of unbranched alkanes of at least 4 members (excludes halogenated alkanes) is 7. The first kappa shape index (κ1) is 25.6. The largest absolute Gasteiger partial charge is 0.480 e. The van der Waals surface area contributed by atoms with Crippen LogP contribution in [0.15, 0.2) is 60.8 Å². The molecular formula is C23H35NO4. The quantitative estimate of drug-likeness (QED) is 0.206. The topological polar surface area (TPSA) is 86.6 Å². The zero-order chi connectivity index (χ0) is 20.9. The minimum absolute atomic E-state index is 0.568. The summed E-state index contributed by atoms with van der Waals surface area (Å²) in [5.74, 6) is -1.84. The van der Waals surface area contributed by atoms with Gasteiger partial charge in [0, 0.05) is 6.08 Å². The number of allylic oxidation sites excluding steroid dienone is 9. The molecule has 28 heavy (non-hydrogen) atoms. The minimum atomic E-state index is -1.29. The van der Waals surface area contributed by atoms with Gasteiger partial charge in [-0.15, -0.1) is 0 Å². The number of rotatable bonds is 16. The fourth-order valence-electron chi connectivity index (χ4n) is 2.33. The van der Waals surface area contributed by atoms with Gasteiger partial charge < -0.3 is 15.5 Å². The SMILES string of the molecule is CCCCCCCCCC=CC=CC=CC=CC=CC(=O)N[C@H](CO)C(=O)O. The number of carboxylic acid groups (broad SMARTS) is 1. The second-order valence-corrected chi connectivity index (χ2v) is 6.43. The van der Waals surface area contributed by atoms with E-state index in [2.05, 4.69) is 24.4 Å². The third-order valence-corrected chi connectivity index (χ3v) is 3.93. The summed E-state index contributed by atoms with van der Waals surface area (Å²) in [6, 6.07) is -1.29. The van der Waals surface area contributed by atoms with Crippen LogP contribution in [-0.2, 0) is 9.59 Å². The molecule has 0 aromatic carbocycles. The predicted octanol–water partition coefficient (Wildman–Crippen LogP) is 4.47. The fourth-order valence-corrected chi connectivity index (χ4v) is 2.33. The molecule has 0 fully saturated rings. The van der Waals surface area contributed by atoms with Crippen LogP contribution in [0.25, 0.3) is 0 Å². The summed E-state index contributed by atoms with van der Waals surface area (Å²) in [4.78, 5) is 22.1. The van der Waals surface area contributed by atoms with Gasteiger partial charge in [0.05, 0.1) is 6.61 Å². The third kappa shape index (κ3) is 17.0. The molecule has 0 saturated carbocycles. The molecule has 0 saturated heterocycles. The molecule has 1 atom stereocenters. The van der Waals surface area contributed by atoms with Crippen LogP contribution in [0.5, 0.6) is 0 Å². The van der Waals surface area contributed by atoms with Gasteiger partial charge >= 0.3 is 5.97 Å². The maximum absolute atomic E-state index is 11.4. The number of carbonyl (C=O) groups excluding carboxylic acids is 1. The van der Waals surface area contributed by atoms with Crippen molar-refractivity contribution in [2.75, 3.05) is 6.61 Å². The molecule has 3 N–H and O–H groups in total. The summed E-state index contributed by atoms with van der Waals surface area (Å²) in [6.45, 7) is 1.59. The van der Waals surface area contributed by atoms with Crippen LogP contribution in [0.1, 0.15) is 58.3 Å². The first-order valence-electron chi connectivity index (χ1n) is 10.1. The molecule has 0 aliphatic rings. The van der Waals surface area contributed by atoms with Crippen molar-refractivity contribution in [2.45, 2.75) is 64.3 Å². The summed E-state index contributed by atoms with van der Waals surface area (Å²) in [5, 5.41) is 19.7. The van der Waals surface area contributed by atoms with Gasteiger partial charge in [-0.25, -0.2) is 4.79 Å². The average molecular weight is 390 g/mol. The lowest BCUT2D eigenvalue weighted by molar-refractivity contribution is -0.142. The molecule has 5 heteroatoms. The van der Waals surface area contributed by atoms with Gasteiger partial charge in [0.2, 0.25) is 5.91 Å². The van der Waals surface area contributed by atoms with Gasteiger partial charge in [-0.05, 0) is 12.8 Å². The van der Waals surface area contributed by atoms with Crippen LogP contribution in [0.2, 0.25) is 0 Å². The second-order valence-electron chi connectivity index (χ2n) is 6.43. The van der Waals surface area contributed by atoms with Gasteiger partial charge in [-0.3, -0.25) is 4.79 Å². The van der Waals surface area contributed by atoms with Gasteiger partial charge in [0.1, 0.15) is 0 Å². The highest BCUT2D eigenvalue weighted by atomic mass is 16.4. The van der Waals surface area contributed by atoms with Crippen LogP contribution in [0, 0.1) is 0 Å². The van der Waals surface area contributed by atoms with Crippen molar-refractivity contribution in [1.82, 2.24) is 5.32 Å². The molecule has 0 aliphatic heterocycles. The van der Waals surface area contributed by atoms with Crippen LogP contribution in [0.4, 0.5) is 0 Å². The lowest BCUT2D eigenvalue weighted by Crippen LogP contribution is -2.42. The smallest absolute Gasteiger partial charge is 0.328 e. The average Bonchev–Trinajstić information content (AvgIpc) is 2.68. The van der Waals surface area contributed by atoms with E-state index in [1.165, 1.54) is 57.1 Å². The van der Waals surface area contributed by atoms with E-state index in [1.807, 2.05) is 24.3 Å². The Morgan fingerprint density at radius 3 is 1.93 bits per heavy atom. The van der Waals surface area contributed by atoms with E-state index < -0.39 is 24.5 Å². The number of aliphatic carboxylic acids is 1. The van der Waals surface area contributed by atoms with E-state index in [-0.39, 0.29) is 0 Å². The number of carbonyl (C=O) groups is 2. The highest BCUT2D eigenvalue weighted by Crippen LogP contribution is 2.08. The van der Waals surface area contributed by atoms with Gasteiger partial charge in [0.25, 0.3) is 0 Å². The third-order valence-electron chi connectivity index (χ3n) is 3.93. The lowest BCUT2D eigenvalue weighted by atomic mass is 10.1. The van der Waals surface area contributed by atoms with Crippen molar-refractivity contribution in [3.63, 3.8) is 0 Å². The number of nitrogens with one attached hydrogen (secondary N) is 1. The van der Waals surface area contributed by atoms with E-state index in [4.69, 9.17) is 10.2 Å². The Hall–Kier alpha value is -2.40. The van der Waals surface area contributed by atoms with Crippen molar-refractivity contribution >= 4 is 11.9 Å². The second kappa shape index (κ2) is 19.4. The number of aliphatic hydroxyl groups excluding tert-OH is 1. The number of carboxylic acids is 1. The van der Waals surface area contributed by atoms with Gasteiger partial charge in [0.15, 0.2) is 6.04 Å². The van der Waals surface area contributed by atoms with E-state index in [0.29, 0.717) is 0 Å². The van der Waals surface area contributed by atoms with Crippen LogP contribution in [-0.4, -0.2) is 34.7 Å². The Bertz CT molecular complexity index is 559. The highest BCUT2D eigenvalue weighted by molar-refractivity contribution is 5.91. The molecule has 0 aromatic rings. The summed E-state index contributed by atoms with van der Waals surface area (Å²) in [7, 11) is 0. The van der Waals surface area contributed by atoms with Crippen LogP contribution >= 0.6 is 0 Å². The molecule has 5 nitrogen and oxygen atoms in total. The predicted molar refractivity (Wildman–Crippen MR) is 115 cm³/mol. The van der Waals surface area contributed by atoms with E-state index in [1.54, 1.807) is 12.2 Å². The monoisotopic (exact) mass is 389 g/mol. The van der Waals surface area contributed by atoms with Crippen LogP contribution in [0.3, 0.4) is 0 Å². The van der Waals surface area contributed by atoms with Crippen LogP contribution < -0.4 is 5.32 Å². The molecule has 156 valence electrons. The first-order valence-corrected chi connectivity index (χ1v) is 10.1. The zero-order valence-corrected chi connectivity index (χ0v) is 16.9. The molecule has 1 amide bonds. The van der Waals surface area contributed by atoms with Crippen molar-refractivity contribution in [2.24, 2.45) is 0 Å². The zero-order valence-electron chi connectivity index (χ0n) is 16.9. The van der Waals surface area contributed by atoms with Crippen molar-refractivity contribution < 1.29 is 19.8 Å². The lowest BCUT2D eigenvalue weighted by Gasteiger charge is -2.08. The summed E-state index contributed by atoms with van der Waals surface area (Å²) >= 11 is 0. The first-order chi connectivity index (χ1) is 13.6. The molecule has 0 bridgehead atoms. The molecule has 0 aliphatic carbocycles. The Kier molecular flexibility index (Phi) is 17.7. The number of amides is 1. The standard InChI is InChI=1S/C23H35NO4/c1-2-3-4-5-6-7-8-9-10-11-12-13-14-15-16-17-18-19-22(26)24-21(20-25)23(27)28/h10-19,21,25H,2-9,20H2,1H3,(H,24,26)(H,27,28)/t21-/m1/s1.